The highest BCUT2D eigenvalue weighted by atomic mass is 35.5. The van der Waals surface area contributed by atoms with Crippen molar-refractivity contribution in [3.8, 4) is 17.1 Å². The number of fused-ring (bicyclic) bond motifs is 1. The number of aliphatic hydroxyl groups is 1. The summed E-state index contributed by atoms with van der Waals surface area (Å²) >= 11 is 0. The molecule has 2 N–H and O–H groups in total. The Hall–Kier alpha value is -2.15. The topological polar surface area (TPSA) is 121 Å². The van der Waals surface area contributed by atoms with E-state index in [0.29, 0.717) is 43.6 Å². The van der Waals surface area contributed by atoms with Crippen LogP contribution in [0.4, 0.5) is 0 Å². The van der Waals surface area contributed by atoms with Crippen molar-refractivity contribution in [1.82, 2.24) is 23.7 Å². The van der Waals surface area contributed by atoms with E-state index in [4.69, 9.17) is 14.3 Å². The summed E-state index contributed by atoms with van der Waals surface area (Å²) in [5.74, 6) is -0.567. The van der Waals surface area contributed by atoms with Crippen molar-refractivity contribution in [3.05, 3.63) is 40.3 Å². The van der Waals surface area contributed by atoms with Gasteiger partial charge in [-0.25, -0.2) is 13.4 Å². The third-order valence-electron chi connectivity index (χ3n) is 6.46. The summed E-state index contributed by atoms with van der Waals surface area (Å²) in [4.78, 5) is 22.3. The SMILES string of the molecule is Cl.Cl.[2H]C([2H])([2H])C([2H])([2H])C([2H])([2H])Oc1ccc(S(=O)(=O)N2CCN(CCO)CC2)cc1-c1nc2c(CCC)cn(CC)c2c(=O)[nH]1. The van der Waals surface area contributed by atoms with Gasteiger partial charge in [0.1, 0.15) is 17.1 Å². The second-order valence-corrected chi connectivity index (χ2v) is 10.7. The summed E-state index contributed by atoms with van der Waals surface area (Å²) in [6, 6.07) is 3.42. The Bertz CT molecular complexity index is 1680. The lowest BCUT2D eigenvalue weighted by Gasteiger charge is -2.33. The van der Waals surface area contributed by atoms with E-state index in [2.05, 4.69) is 9.97 Å². The van der Waals surface area contributed by atoms with Crippen molar-refractivity contribution in [2.24, 2.45) is 0 Å². The van der Waals surface area contributed by atoms with Crippen molar-refractivity contribution >= 4 is 45.9 Å². The molecule has 0 radical (unpaired) electrons. The number of piperazine rings is 1. The van der Waals surface area contributed by atoms with Gasteiger partial charge in [-0.3, -0.25) is 9.69 Å². The van der Waals surface area contributed by atoms with Gasteiger partial charge in [0.25, 0.3) is 5.56 Å². The lowest BCUT2D eigenvalue weighted by atomic mass is 10.1. The average Bonchev–Trinajstić information content (AvgIpc) is 3.31. The van der Waals surface area contributed by atoms with Gasteiger partial charge in [-0.2, -0.15) is 4.31 Å². The zero-order valence-corrected chi connectivity index (χ0v) is 24.2. The number of nitrogens with zero attached hydrogens (tertiary/aromatic N) is 4. The molecular formula is C26H39Cl2N5O5S. The Kier molecular flexibility index (Phi) is 8.74. The smallest absolute Gasteiger partial charge is 0.275 e. The van der Waals surface area contributed by atoms with E-state index in [1.807, 2.05) is 24.9 Å². The Balaban J connectivity index is 0.00000368. The average molecular weight is 612 g/mol. The third-order valence-corrected chi connectivity index (χ3v) is 8.36. The van der Waals surface area contributed by atoms with Crippen molar-refractivity contribution in [3.63, 3.8) is 0 Å². The van der Waals surface area contributed by atoms with E-state index >= 15 is 0 Å². The summed E-state index contributed by atoms with van der Waals surface area (Å²) in [6.45, 7) is -1.01. The van der Waals surface area contributed by atoms with Gasteiger partial charge in [-0.15, -0.1) is 24.8 Å². The highest BCUT2D eigenvalue weighted by Crippen LogP contribution is 2.33. The monoisotopic (exact) mass is 610 g/mol. The molecule has 3 aromatic rings. The number of aromatic nitrogens is 3. The van der Waals surface area contributed by atoms with E-state index in [1.54, 1.807) is 4.57 Å². The lowest BCUT2D eigenvalue weighted by molar-refractivity contribution is 0.151. The molecule has 3 heterocycles. The summed E-state index contributed by atoms with van der Waals surface area (Å²) in [5, 5.41) is 9.21. The van der Waals surface area contributed by atoms with Crippen LogP contribution in [0, 0.1) is 0 Å². The number of halogens is 2. The maximum Gasteiger partial charge on any atom is 0.275 e. The molecule has 0 amide bonds. The predicted molar refractivity (Wildman–Crippen MR) is 158 cm³/mol. The Morgan fingerprint density at radius 3 is 2.59 bits per heavy atom. The first-order valence-electron chi connectivity index (χ1n) is 15.8. The molecule has 0 atom stereocenters. The van der Waals surface area contributed by atoms with Gasteiger partial charge in [-0.1, -0.05) is 20.2 Å². The summed E-state index contributed by atoms with van der Waals surface area (Å²) < 4.78 is 90.7. The van der Waals surface area contributed by atoms with Crippen molar-refractivity contribution < 1.29 is 27.9 Å². The van der Waals surface area contributed by atoms with Gasteiger partial charge in [0.15, 0.2) is 0 Å². The zero-order chi connectivity index (χ0) is 32.7. The van der Waals surface area contributed by atoms with Crippen LogP contribution >= 0.6 is 24.8 Å². The van der Waals surface area contributed by atoms with E-state index in [1.165, 1.54) is 4.31 Å². The second kappa shape index (κ2) is 14.5. The lowest BCUT2D eigenvalue weighted by Crippen LogP contribution is -2.49. The number of hydrogen-bond acceptors (Lipinski definition) is 7. The van der Waals surface area contributed by atoms with Gasteiger partial charge >= 0.3 is 0 Å². The molecule has 1 fully saturated rings. The highest BCUT2D eigenvalue weighted by Gasteiger charge is 2.29. The van der Waals surface area contributed by atoms with Crippen LogP contribution in [0.5, 0.6) is 5.75 Å². The molecule has 10 nitrogen and oxygen atoms in total. The molecule has 1 aliphatic heterocycles. The quantitative estimate of drug-likeness (QED) is 0.342. The summed E-state index contributed by atoms with van der Waals surface area (Å²) in [5.41, 5.74) is 0.751. The molecule has 0 bridgehead atoms. The normalized spacial score (nSPS) is 18.4. The predicted octanol–water partition coefficient (Wildman–Crippen LogP) is 3.30. The molecule has 0 unspecified atom stereocenters. The fraction of sp³-hybridized carbons (Fsp3) is 0.538. The molecular weight excluding hydrogens is 565 g/mol. The Labute approximate surface area is 252 Å². The molecule has 39 heavy (non-hydrogen) atoms. The van der Waals surface area contributed by atoms with Crippen molar-refractivity contribution in [2.75, 3.05) is 45.9 Å². The Morgan fingerprint density at radius 1 is 1.21 bits per heavy atom. The number of hydrogen-bond donors (Lipinski definition) is 2. The third kappa shape index (κ3) is 6.96. The standard InChI is InChI=1S/C26H37N5O5S.2ClH/c1-4-7-19-18-30(6-3)24-23(19)27-25(28-26(24)33)21-17-20(8-9-22(21)36-16-5-2)37(34,35)31-12-10-29(11-13-31)14-15-32;;/h8-9,17-18,32H,4-7,10-16H2,1-3H3,(H,27,28,33);2*1H/i2D3,5D2,16D2;;. The minimum Gasteiger partial charge on any atom is -0.493 e. The van der Waals surface area contributed by atoms with Gasteiger partial charge in [0, 0.05) is 52.3 Å². The number of aryl methyl sites for hydroxylation is 2. The number of rotatable bonds is 11. The van der Waals surface area contributed by atoms with E-state index in [-0.39, 0.29) is 60.8 Å². The molecule has 218 valence electrons. The molecule has 1 aliphatic rings. The molecule has 4 rings (SSSR count). The number of ether oxygens (including phenoxy) is 1. The van der Waals surface area contributed by atoms with Crippen LogP contribution < -0.4 is 10.3 Å². The summed E-state index contributed by atoms with van der Waals surface area (Å²) in [7, 11) is -4.11. The molecule has 0 spiro atoms. The minimum absolute atomic E-state index is 0. The number of sulfonamides is 1. The van der Waals surface area contributed by atoms with Gasteiger partial charge < -0.3 is 19.4 Å². The summed E-state index contributed by atoms with van der Waals surface area (Å²) in [6.07, 6.45) is -0.294. The van der Waals surface area contributed by atoms with Crippen LogP contribution in [-0.4, -0.2) is 83.2 Å². The Morgan fingerprint density at radius 2 is 1.95 bits per heavy atom. The number of aliphatic hydroxyl groups excluding tert-OH is 1. The molecule has 1 saturated heterocycles. The van der Waals surface area contributed by atoms with E-state index in [9.17, 15) is 18.3 Å². The molecule has 0 saturated carbocycles. The van der Waals surface area contributed by atoms with Crippen molar-refractivity contribution in [1.29, 1.82) is 0 Å². The van der Waals surface area contributed by atoms with Gasteiger partial charge in [0.05, 0.1) is 31.9 Å². The van der Waals surface area contributed by atoms with E-state index < -0.39 is 41.1 Å². The van der Waals surface area contributed by atoms with Crippen LogP contribution in [0.1, 0.15) is 48.7 Å². The minimum atomic E-state index is -4.11. The fourth-order valence-electron chi connectivity index (χ4n) is 4.61. The molecule has 0 aliphatic carbocycles. The number of H-pyrrole nitrogens is 1. The molecule has 2 aromatic heterocycles. The van der Waals surface area contributed by atoms with E-state index in [0.717, 1.165) is 30.2 Å². The maximum absolute atomic E-state index is 13.7. The van der Waals surface area contributed by atoms with Gasteiger partial charge in [-0.05, 0) is 43.5 Å². The molecule has 1 aromatic carbocycles. The van der Waals surface area contributed by atoms with Crippen LogP contribution in [-0.2, 0) is 23.0 Å². The number of nitrogens with one attached hydrogen (secondary N) is 1. The van der Waals surface area contributed by atoms with Crippen LogP contribution in [0.25, 0.3) is 22.4 Å². The van der Waals surface area contributed by atoms with Crippen LogP contribution in [0.15, 0.2) is 34.1 Å². The van der Waals surface area contributed by atoms with Crippen LogP contribution in [0.3, 0.4) is 0 Å². The number of β-amino-alcohol motifs (C(OH)–C–C–N with tert-alkyl or cyclic N) is 1. The first kappa shape index (κ1) is 23.5. The fourth-order valence-corrected chi connectivity index (χ4v) is 6.06. The first-order chi connectivity index (χ1) is 20.5. The highest BCUT2D eigenvalue weighted by molar-refractivity contribution is 7.89. The second-order valence-electron chi connectivity index (χ2n) is 8.76. The number of aromatic amines is 1. The zero-order valence-electron chi connectivity index (χ0n) is 28.8. The maximum atomic E-state index is 13.7. The largest absolute Gasteiger partial charge is 0.493 e. The number of benzene rings is 1. The molecule has 13 heteroatoms. The van der Waals surface area contributed by atoms with Crippen molar-refractivity contribution in [2.45, 2.75) is 51.4 Å². The van der Waals surface area contributed by atoms with Gasteiger partial charge in [0.2, 0.25) is 10.0 Å². The van der Waals surface area contributed by atoms with Crippen LogP contribution in [0.2, 0.25) is 0 Å². The first-order valence-corrected chi connectivity index (χ1v) is 13.7.